The third-order valence-electron chi connectivity index (χ3n) is 7.38. The Morgan fingerprint density at radius 3 is 2.03 bits per heavy atom. The molecule has 0 N–H and O–H groups in total. The zero-order valence-electron chi connectivity index (χ0n) is 18.8. The van der Waals surface area contributed by atoms with E-state index in [1.165, 1.54) is 22.3 Å². The van der Waals surface area contributed by atoms with Crippen molar-refractivity contribution >= 4 is 13.2 Å². The monoisotopic (exact) mass is 419 g/mol. The van der Waals surface area contributed by atoms with E-state index < -0.39 is 0 Å². The number of carbonyl (C=O) groups is 1. The fourth-order valence-electron chi connectivity index (χ4n) is 4.89. The van der Waals surface area contributed by atoms with Gasteiger partial charge in [-0.2, -0.15) is 0 Å². The third-order valence-corrected chi connectivity index (χ3v) is 7.38. The van der Waals surface area contributed by atoms with Crippen molar-refractivity contribution in [2.24, 2.45) is 5.92 Å². The molecule has 0 atom stereocenters. The van der Waals surface area contributed by atoms with Crippen LogP contribution in [0.25, 0.3) is 11.1 Å². The molecule has 6 heteroatoms. The number of hydrogen-bond donors (Lipinski definition) is 0. The summed E-state index contributed by atoms with van der Waals surface area (Å²) < 4.78 is 17.9. The Hall–Kier alpha value is -2.31. The van der Waals surface area contributed by atoms with Crippen LogP contribution in [0, 0.1) is 5.92 Å². The first-order valence-electron chi connectivity index (χ1n) is 11.2. The van der Waals surface area contributed by atoms with Gasteiger partial charge in [0.05, 0.1) is 11.2 Å². The highest BCUT2D eigenvalue weighted by atomic mass is 16.7. The van der Waals surface area contributed by atoms with Crippen molar-refractivity contribution in [1.82, 2.24) is 4.90 Å². The summed E-state index contributed by atoms with van der Waals surface area (Å²) in [5.41, 5.74) is 4.33. The summed E-state index contributed by atoms with van der Waals surface area (Å²) in [5, 5.41) is 0. The SMILES string of the molecule is CC1(C)OB(CC2CN(C(=O)OCC3c4ccccc4-c4ccccc43)C2)OC1(C)C. The molecule has 0 spiro atoms. The first-order valence-corrected chi connectivity index (χ1v) is 11.2. The molecule has 5 nitrogen and oxygen atoms in total. The van der Waals surface area contributed by atoms with Gasteiger partial charge in [0.25, 0.3) is 0 Å². The molecule has 1 aliphatic carbocycles. The van der Waals surface area contributed by atoms with Gasteiger partial charge in [-0.05, 0) is 62.2 Å². The van der Waals surface area contributed by atoms with E-state index in [2.05, 4.69) is 76.2 Å². The first-order chi connectivity index (χ1) is 14.7. The molecular weight excluding hydrogens is 389 g/mol. The maximum atomic E-state index is 12.6. The number of ether oxygens (including phenoxy) is 1. The average Bonchev–Trinajstić information content (AvgIpc) is 3.12. The lowest BCUT2D eigenvalue weighted by Crippen LogP contribution is -2.51. The summed E-state index contributed by atoms with van der Waals surface area (Å²) in [6.45, 7) is 10.0. The largest absolute Gasteiger partial charge is 0.458 e. The molecule has 31 heavy (non-hydrogen) atoms. The predicted octanol–water partition coefficient (Wildman–Crippen LogP) is 4.96. The van der Waals surface area contributed by atoms with E-state index in [1.807, 2.05) is 0 Å². The summed E-state index contributed by atoms with van der Waals surface area (Å²) in [6, 6.07) is 16.8. The third kappa shape index (κ3) is 3.56. The van der Waals surface area contributed by atoms with Crippen LogP contribution in [0.1, 0.15) is 44.7 Å². The number of hydrogen-bond acceptors (Lipinski definition) is 4. The topological polar surface area (TPSA) is 48.0 Å². The van der Waals surface area contributed by atoms with E-state index in [0.717, 1.165) is 6.32 Å². The van der Waals surface area contributed by atoms with E-state index in [-0.39, 0.29) is 30.3 Å². The van der Waals surface area contributed by atoms with E-state index in [1.54, 1.807) is 4.90 Å². The molecule has 2 fully saturated rings. The van der Waals surface area contributed by atoms with E-state index in [4.69, 9.17) is 14.0 Å². The molecule has 162 valence electrons. The van der Waals surface area contributed by atoms with Crippen LogP contribution in [-0.4, -0.2) is 49.0 Å². The quantitative estimate of drug-likeness (QED) is 0.658. The predicted molar refractivity (Wildman–Crippen MR) is 121 cm³/mol. The Morgan fingerprint density at radius 2 is 1.48 bits per heavy atom. The number of nitrogens with zero attached hydrogens (tertiary/aromatic N) is 1. The second-order valence-electron chi connectivity index (χ2n) is 10.00. The van der Waals surface area contributed by atoms with Crippen LogP contribution in [0.5, 0.6) is 0 Å². The standard InChI is InChI=1S/C25H30BNO4/c1-24(2)25(3,4)31-26(30-24)13-17-14-27(15-17)23(28)29-16-22-20-11-7-5-9-18(20)19-10-6-8-12-21(19)22/h5-12,17,22H,13-16H2,1-4H3. The molecule has 2 saturated heterocycles. The number of likely N-dealkylation sites (tertiary alicyclic amines) is 1. The lowest BCUT2D eigenvalue weighted by molar-refractivity contribution is 0.00578. The molecule has 3 aliphatic rings. The molecule has 1 amide bonds. The molecular formula is C25H30BNO4. The van der Waals surface area contributed by atoms with Gasteiger partial charge in [-0.15, -0.1) is 0 Å². The van der Waals surface area contributed by atoms with Crippen LogP contribution in [0.4, 0.5) is 4.79 Å². The van der Waals surface area contributed by atoms with Gasteiger partial charge in [0, 0.05) is 19.0 Å². The molecule has 0 bridgehead atoms. The number of amides is 1. The van der Waals surface area contributed by atoms with Crippen LogP contribution in [0.3, 0.4) is 0 Å². The van der Waals surface area contributed by atoms with Gasteiger partial charge in [0.2, 0.25) is 0 Å². The van der Waals surface area contributed by atoms with Gasteiger partial charge in [-0.1, -0.05) is 48.5 Å². The van der Waals surface area contributed by atoms with Crippen LogP contribution < -0.4 is 0 Å². The Bertz CT molecular complexity index is 937. The summed E-state index contributed by atoms with van der Waals surface area (Å²) in [5.74, 6) is 0.480. The maximum Gasteiger partial charge on any atom is 0.458 e. The number of carbonyl (C=O) groups excluding carboxylic acids is 1. The molecule has 2 aromatic rings. The highest BCUT2D eigenvalue weighted by Gasteiger charge is 2.52. The van der Waals surface area contributed by atoms with Gasteiger partial charge >= 0.3 is 13.2 Å². The van der Waals surface area contributed by atoms with Gasteiger partial charge < -0.3 is 18.9 Å². The lowest BCUT2D eigenvalue weighted by atomic mass is 9.74. The van der Waals surface area contributed by atoms with Gasteiger partial charge in [-0.3, -0.25) is 0 Å². The minimum Gasteiger partial charge on any atom is -0.448 e. The average molecular weight is 419 g/mol. The van der Waals surface area contributed by atoms with Crippen molar-refractivity contribution in [2.75, 3.05) is 19.7 Å². The van der Waals surface area contributed by atoms with Crippen molar-refractivity contribution < 1.29 is 18.8 Å². The van der Waals surface area contributed by atoms with Gasteiger partial charge in [0.1, 0.15) is 6.61 Å². The van der Waals surface area contributed by atoms with Crippen LogP contribution in [0.2, 0.25) is 6.32 Å². The van der Waals surface area contributed by atoms with Crippen molar-refractivity contribution in [3.05, 3.63) is 59.7 Å². The fourth-order valence-corrected chi connectivity index (χ4v) is 4.89. The first kappa shape index (κ1) is 20.6. The zero-order chi connectivity index (χ0) is 21.8. The maximum absolute atomic E-state index is 12.6. The minimum absolute atomic E-state index is 0.0955. The van der Waals surface area contributed by atoms with Crippen molar-refractivity contribution in [2.45, 2.75) is 51.1 Å². The van der Waals surface area contributed by atoms with E-state index in [9.17, 15) is 4.79 Å². The van der Waals surface area contributed by atoms with Gasteiger partial charge in [0.15, 0.2) is 0 Å². The summed E-state index contributed by atoms with van der Waals surface area (Å²) in [4.78, 5) is 14.4. The Labute approximate surface area is 184 Å². The molecule has 0 saturated carbocycles. The van der Waals surface area contributed by atoms with Crippen LogP contribution >= 0.6 is 0 Å². The zero-order valence-corrected chi connectivity index (χ0v) is 18.8. The molecule has 2 heterocycles. The highest BCUT2D eigenvalue weighted by molar-refractivity contribution is 6.45. The van der Waals surface area contributed by atoms with Crippen LogP contribution in [-0.2, 0) is 14.0 Å². The lowest BCUT2D eigenvalue weighted by Gasteiger charge is -2.38. The Morgan fingerprint density at radius 1 is 0.968 bits per heavy atom. The molecule has 5 rings (SSSR count). The second-order valence-corrected chi connectivity index (χ2v) is 10.00. The van der Waals surface area contributed by atoms with E-state index >= 15 is 0 Å². The Kier molecular flexibility index (Phi) is 4.91. The van der Waals surface area contributed by atoms with Crippen molar-refractivity contribution in [3.8, 4) is 11.1 Å². The Balaban J connectivity index is 1.15. The molecule has 2 aromatic carbocycles. The normalized spacial score (nSPS) is 21.5. The van der Waals surface area contributed by atoms with Crippen molar-refractivity contribution in [1.29, 1.82) is 0 Å². The summed E-state index contributed by atoms with van der Waals surface area (Å²) in [6.07, 6.45) is 0.576. The second kappa shape index (κ2) is 7.39. The summed E-state index contributed by atoms with van der Waals surface area (Å²) >= 11 is 0. The summed E-state index contributed by atoms with van der Waals surface area (Å²) in [7, 11) is -0.209. The minimum atomic E-state index is -0.312. The molecule has 0 unspecified atom stereocenters. The molecule has 2 aliphatic heterocycles. The number of fused-ring (bicyclic) bond motifs is 3. The van der Waals surface area contributed by atoms with E-state index in [0.29, 0.717) is 25.6 Å². The van der Waals surface area contributed by atoms with Crippen LogP contribution in [0.15, 0.2) is 48.5 Å². The molecule has 0 radical (unpaired) electrons. The highest BCUT2D eigenvalue weighted by Crippen LogP contribution is 2.44. The number of benzene rings is 2. The van der Waals surface area contributed by atoms with Crippen molar-refractivity contribution in [3.63, 3.8) is 0 Å². The molecule has 0 aromatic heterocycles. The smallest absolute Gasteiger partial charge is 0.448 e. The van der Waals surface area contributed by atoms with Gasteiger partial charge in [-0.25, -0.2) is 4.79 Å². The number of rotatable bonds is 4. The fraction of sp³-hybridized carbons (Fsp3) is 0.480.